The van der Waals surface area contributed by atoms with Crippen LogP contribution in [-0.2, 0) is 4.79 Å². The largest absolute Gasteiger partial charge is 0.480 e. The fraction of sp³-hybridized carbons (Fsp3) is 0.125. The van der Waals surface area contributed by atoms with Crippen LogP contribution in [0.4, 0.5) is 0 Å². The first-order valence-corrected chi connectivity index (χ1v) is 3.97. The van der Waals surface area contributed by atoms with Gasteiger partial charge in [0, 0.05) is 5.02 Å². The number of carbonyl (C=O) groups is 1. The number of aliphatic carboxylic acids is 1. The van der Waals surface area contributed by atoms with Gasteiger partial charge in [0.05, 0.1) is 0 Å². The lowest BCUT2D eigenvalue weighted by molar-refractivity contribution is -0.139. The van der Waals surface area contributed by atoms with Crippen molar-refractivity contribution in [1.82, 2.24) is 5.43 Å². The molecule has 4 nitrogen and oxygen atoms in total. The van der Waals surface area contributed by atoms with E-state index >= 15 is 0 Å². The number of halogens is 1. The van der Waals surface area contributed by atoms with Gasteiger partial charge in [0.25, 0.3) is 0 Å². The summed E-state index contributed by atoms with van der Waals surface area (Å²) in [5.74, 6) is 4.06. The predicted octanol–water partition coefficient (Wildman–Crippen LogP) is 0.929. The molecule has 0 spiro atoms. The van der Waals surface area contributed by atoms with Crippen LogP contribution in [0.5, 0.6) is 0 Å². The van der Waals surface area contributed by atoms with E-state index in [1.807, 2.05) is 0 Å². The third kappa shape index (κ3) is 2.42. The van der Waals surface area contributed by atoms with Crippen LogP contribution in [0.1, 0.15) is 11.6 Å². The van der Waals surface area contributed by atoms with Gasteiger partial charge in [0.2, 0.25) is 0 Å². The first kappa shape index (κ1) is 9.98. The molecule has 0 heterocycles. The number of hydrazine groups is 1. The summed E-state index contributed by atoms with van der Waals surface area (Å²) >= 11 is 5.64. The minimum Gasteiger partial charge on any atom is -0.480 e. The molecule has 0 saturated heterocycles. The lowest BCUT2D eigenvalue weighted by Crippen LogP contribution is -2.33. The zero-order valence-electron chi connectivity index (χ0n) is 6.70. The van der Waals surface area contributed by atoms with Crippen LogP contribution in [0, 0.1) is 0 Å². The second-order valence-electron chi connectivity index (χ2n) is 2.49. The maximum Gasteiger partial charge on any atom is 0.326 e. The van der Waals surface area contributed by atoms with Gasteiger partial charge in [-0.25, -0.2) is 5.43 Å². The highest BCUT2D eigenvalue weighted by Crippen LogP contribution is 2.15. The fourth-order valence-electron chi connectivity index (χ4n) is 0.965. The SMILES string of the molecule is NNC(C(=O)O)c1ccc(Cl)cc1. The van der Waals surface area contributed by atoms with Gasteiger partial charge in [-0.15, -0.1) is 0 Å². The molecule has 0 fully saturated rings. The number of benzene rings is 1. The lowest BCUT2D eigenvalue weighted by atomic mass is 10.1. The van der Waals surface area contributed by atoms with Gasteiger partial charge in [-0.3, -0.25) is 10.6 Å². The summed E-state index contributed by atoms with van der Waals surface area (Å²) in [7, 11) is 0. The summed E-state index contributed by atoms with van der Waals surface area (Å²) in [6.07, 6.45) is 0. The summed E-state index contributed by atoms with van der Waals surface area (Å²) in [6, 6.07) is 5.56. The number of rotatable bonds is 3. The monoisotopic (exact) mass is 200 g/mol. The zero-order chi connectivity index (χ0) is 9.84. The highest BCUT2D eigenvalue weighted by Gasteiger charge is 2.16. The van der Waals surface area contributed by atoms with Gasteiger partial charge in [-0.2, -0.15) is 0 Å². The number of nitrogens with two attached hydrogens (primary N) is 1. The molecule has 0 amide bonds. The molecule has 1 unspecified atom stereocenters. The van der Waals surface area contributed by atoms with Gasteiger partial charge in [-0.05, 0) is 17.7 Å². The van der Waals surface area contributed by atoms with Crippen LogP contribution in [-0.4, -0.2) is 11.1 Å². The molecule has 0 aromatic heterocycles. The predicted molar refractivity (Wildman–Crippen MR) is 49.2 cm³/mol. The standard InChI is InChI=1S/C8H9ClN2O2/c9-6-3-1-5(2-4-6)7(11-10)8(12)13/h1-4,7,11H,10H2,(H,12,13). The van der Waals surface area contributed by atoms with E-state index in [0.717, 1.165) is 0 Å². The molecule has 70 valence electrons. The third-order valence-electron chi connectivity index (χ3n) is 1.62. The second-order valence-corrected chi connectivity index (χ2v) is 2.93. The van der Waals surface area contributed by atoms with Crippen LogP contribution in [0.3, 0.4) is 0 Å². The normalized spacial score (nSPS) is 12.5. The smallest absolute Gasteiger partial charge is 0.326 e. The summed E-state index contributed by atoms with van der Waals surface area (Å²) < 4.78 is 0. The van der Waals surface area contributed by atoms with E-state index in [1.165, 1.54) is 0 Å². The highest BCUT2D eigenvalue weighted by molar-refractivity contribution is 6.30. The van der Waals surface area contributed by atoms with Crippen molar-refractivity contribution in [3.63, 3.8) is 0 Å². The third-order valence-corrected chi connectivity index (χ3v) is 1.87. The minimum atomic E-state index is -1.02. The van der Waals surface area contributed by atoms with Crippen molar-refractivity contribution >= 4 is 17.6 Å². The summed E-state index contributed by atoms with van der Waals surface area (Å²) in [6.45, 7) is 0. The maximum atomic E-state index is 10.6. The number of hydrogen-bond acceptors (Lipinski definition) is 3. The molecular weight excluding hydrogens is 192 g/mol. The number of hydrogen-bond donors (Lipinski definition) is 3. The summed E-state index contributed by atoms with van der Waals surface area (Å²) in [5.41, 5.74) is 2.76. The van der Waals surface area contributed by atoms with E-state index in [1.54, 1.807) is 24.3 Å². The molecule has 1 aromatic rings. The van der Waals surface area contributed by atoms with E-state index in [-0.39, 0.29) is 0 Å². The Hall–Kier alpha value is -1.10. The van der Waals surface area contributed by atoms with Crippen molar-refractivity contribution in [1.29, 1.82) is 0 Å². The van der Waals surface area contributed by atoms with Gasteiger partial charge < -0.3 is 5.11 Å². The van der Waals surface area contributed by atoms with Crippen LogP contribution in [0.25, 0.3) is 0 Å². The Bertz CT molecular complexity index is 300. The molecule has 0 aliphatic rings. The molecule has 13 heavy (non-hydrogen) atoms. The number of nitrogens with one attached hydrogen (secondary N) is 1. The molecule has 0 bridgehead atoms. The Morgan fingerprint density at radius 3 is 2.38 bits per heavy atom. The van der Waals surface area contributed by atoms with E-state index in [9.17, 15) is 4.79 Å². The van der Waals surface area contributed by atoms with Crippen molar-refractivity contribution in [2.45, 2.75) is 6.04 Å². The van der Waals surface area contributed by atoms with Crippen molar-refractivity contribution in [3.8, 4) is 0 Å². The van der Waals surface area contributed by atoms with Gasteiger partial charge in [0.15, 0.2) is 0 Å². The summed E-state index contributed by atoms with van der Waals surface area (Å²) in [5, 5.41) is 9.28. The first-order valence-electron chi connectivity index (χ1n) is 3.59. The summed E-state index contributed by atoms with van der Waals surface area (Å²) in [4.78, 5) is 10.6. The average molecular weight is 201 g/mol. The topological polar surface area (TPSA) is 75.3 Å². The van der Waals surface area contributed by atoms with Crippen molar-refractivity contribution < 1.29 is 9.90 Å². The second kappa shape index (κ2) is 4.23. The van der Waals surface area contributed by atoms with Gasteiger partial charge in [-0.1, -0.05) is 23.7 Å². The van der Waals surface area contributed by atoms with E-state index in [2.05, 4.69) is 5.43 Å². The minimum absolute atomic E-state index is 0.560. The molecule has 0 aliphatic heterocycles. The molecule has 0 aliphatic carbocycles. The van der Waals surface area contributed by atoms with Crippen molar-refractivity contribution in [2.75, 3.05) is 0 Å². The number of carboxylic acid groups (broad SMARTS) is 1. The molecule has 4 N–H and O–H groups in total. The lowest BCUT2D eigenvalue weighted by Gasteiger charge is -2.10. The molecule has 1 rings (SSSR count). The highest BCUT2D eigenvalue weighted by atomic mass is 35.5. The van der Waals surface area contributed by atoms with E-state index < -0.39 is 12.0 Å². The molecule has 5 heteroatoms. The Morgan fingerprint density at radius 2 is 2.00 bits per heavy atom. The first-order chi connectivity index (χ1) is 6.15. The molecule has 0 saturated carbocycles. The average Bonchev–Trinajstić information content (AvgIpc) is 2.09. The Labute approximate surface area is 80.3 Å². The molecule has 0 radical (unpaired) electrons. The fourth-order valence-corrected chi connectivity index (χ4v) is 1.09. The van der Waals surface area contributed by atoms with Gasteiger partial charge >= 0.3 is 5.97 Å². The van der Waals surface area contributed by atoms with Crippen LogP contribution in [0.2, 0.25) is 5.02 Å². The van der Waals surface area contributed by atoms with Crippen LogP contribution >= 0.6 is 11.6 Å². The quantitative estimate of drug-likeness (QED) is 0.501. The Kier molecular flexibility index (Phi) is 3.25. The van der Waals surface area contributed by atoms with E-state index in [0.29, 0.717) is 10.6 Å². The van der Waals surface area contributed by atoms with Crippen molar-refractivity contribution in [2.24, 2.45) is 5.84 Å². The maximum absolute atomic E-state index is 10.6. The van der Waals surface area contributed by atoms with Crippen molar-refractivity contribution in [3.05, 3.63) is 34.9 Å². The van der Waals surface area contributed by atoms with Crippen LogP contribution in [0.15, 0.2) is 24.3 Å². The Morgan fingerprint density at radius 1 is 1.46 bits per heavy atom. The molecule has 1 aromatic carbocycles. The molecule has 1 atom stereocenters. The zero-order valence-corrected chi connectivity index (χ0v) is 7.45. The molecular formula is C8H9ClN2O2. The van der Waals surface area contributed by atoms with Crippen LogP contribution < -0.4 is 11.3 Å². The Balaban J connectivity index is 2.92. The number of carboxylic acids is 1. The van der Waals surface area contributed by atoms with Gasteiger partial charge in [0.1, 0.15) is 6.04 Å². The van der Waals surface area contributed by atoms with E-state index in [4.69, 9.17) is 22.6 Å².